The van der Waals surface area contributed by atoms with Crippen molar-refractivity contribution in [2.75, 3.05) is 0 Å². The number of hydrogen-bond donors (Lipinski definition) is 2. The van der Waals surface area contributed by atoms with Gasteiger partial charge in [0.05, 0.1) is 0 Å². The molecule has 1 radical (unpaired) electrons. The van der Waals surface area contributed by atoms with Gasteiger partial charge >= 0.3 is 5.97 Å². The zero-order valence-electron chi connectivity index (χ0n) is 5.13. The van der Waals surface area contributed by atoms with Crippen molar-refractivity contribution in [1.29, 1.82) is 0 Å². The lowest BCUT2D eigenvalue weighted by Crippen LogP contribution is -2.37. The fourth-order valence-electron chi connectivity index (χ4n) is 0.928. The monoisotopic (exact) mass is 128 g/mol. The number of nitrogens with one attached hydrogen (secondary N) is 1. The number of carboxylic acid groups (broad SMARTS) is 1. The summed E-state index contributed by atoms with van der Waals surface area (Å²) in [6, 6.07) is -0.334. The first-order valence-corrected chi connectivity index (χ1v) is 3.11. The van der Waals surface area contributed by atoms with E-state index in [-0.39, 0.29) is 6.04 Å². The van der Waals surface area contributed by atoms with Crippen LogP contribution >= 0.6 is 0 Å². The topological polar surface area (TPSA) is 49.3 Å². The van der Waals surface area contributed by atoms with Gasteiger partial charge in [-0.15, -0.1) is 0 Å². The molecule has 0 bridgehead atoms. The van der Waals surface area contributed by atoms with E-state index in [1.165, 1.54) is 0 Å². The van der Waals surface area contributed by atoms with E-state index in [2.05, 4.69) is 5.32 Å². The van der Waals surface area contributed by atoms with Crippen molar-refractivity contribution in [3.8, 4) is 0 Å². The minimum Gasteiger partial charge on any atom is -0.480 e. The number of piperidine rings is 1. The summed E-state index contributed by atoms with van der Waals surface area (Å²) < 4.78 is 0. The molecule has 1 aliphatic rings. The molecule has 9 heavy (non-hydrogen) atoms. The molecule has 1 heterocycles. The highest BCUT2D eigenvalue weighted by Gasteiger charge is 2.18. The van der Waals surface area contributed by atoms with E-state index in [1.807, 2.05) is 6.54 Å². The van der Waals surface area contributed by atoms with Gasteiger partial charge in [0.15, 0.2) is 0 Å². The van der Waals surface area contributed by atoms with Crippen LogP contribution in [0.3, 0.4) is 0 Å². The Balaban J connectivity index is 2.31. The van der Waals surface area contributed by atoms with Gasteiger partial charge in [0.25, 0.3) is 0 Å². The van der Waals surface area contributed by atoms with Gasteiger partial charge < -0.3 is 10.4 Å². The van der Waals surface area contributed by atoms with Crippen molar-refractivity contribution in [3.63, 3.8) is 0 Å². The molecule has 2 N–H and O–H groups in total. The van der Waals surface area contributed by atoms with Crippen molar-refractivity contribution in [1.82, 2.24) is 5.32 Å². The number of aliphatic carboxylic acids is 1. The molecule has 3 nitrogen and oxygen atoms in total. The van der Waals surface area contributed by atoms with Crippen molar-refractivity contribution in [3.05, 3.63) is 6.54 Å². The predicted molar refractivity (Wildman–Crippen MR) is 32.7 cm³/mol. The lowest BCUT2D eigenvalue weighted by Gasteiger charge is -2.18. The number of rotatable bonds is 1. The summed E-state index contributed by atoms with van der Waals surface area (Å²) in [5.74, 6) is -0.744. The number of carbonyl (C=O) groups is 1. The van der Waals surface area contributed by atoms with Crippen molar-refractivity contribution < 1.29 is 9.90 Å². The Kier molecular flexibility index (Phi) is 2.05. The first kappa shape index (κ1) is 6.55. The maximum atomic E-state index is 10.3. The molecule has 1 aliphatic heterocycles. The zero-order chi connectivity index (χ0) is 6.69. The number of carboxylic acids is 1. The quantitative estimate of drug-likeness (QED) is 0.536. The predicted octanol–water partition coefficient (Wildman–Crippen LogP) is 0.375. The summed E-state index contributed by atoms with van der Waals surface area (Å²) in [5, 5.41) is 11.2. The van der Waals surface area contributed by atoms with Crippen LogP contribution in [-0.2, 0) is 4.79 Å². The molecular weight excluding hydrogens is 118 g/mol. The Hall–Kier alpha value is -0.570. The summed E-state index contributed by atoms with van der Waals surface area (Å²) >= 11 is 0. The second-order valence-electron chi connectivity index (χ2n) is 2.19. The summed E-state index contributed by atoms with van der Waals surface area (Å²) in [6.45, 7) is 1.82. The second kappa shape index (κ2) is 2.82. The second-order valence-corrected chi connectivity index (χ2v) is 2.19. The molecule has 0 aromatic rings. The van der Waals surface area contributed by atoms with E-state index in [0.29, 0.717) is 0 Å². The molecule has 51 valence electrons. The average molecular weight is 128 g/mol. The first-order chi connectivity index (χ1) is 4.30. The van der Waals surface area contributed by atoms with Crippen LogP contribution in [0, 0.1) is 6.54 Å². The van der Waals surface area contributed by atoms with E-state index in [0.717, 1.165) is 19.3 Å². The lowest BCUT2D eigenvalue weighted by molar-refractivity contribution is -0.139. The van der Waals surface area contributed by atoms with Crippen LogP contribution in [0.15, 0.2) is 0 Å². The van der Waals surface area contributed by atoms with Crippen LogP contribution in [-0.4, -0.2) is 17.1 Å². The molecule has 0 amide bonds. The summed E-state index contributed by atoms with van der Waals surface area (Å²) in [5.41, 5.74) is 0. The van der Waals surface area contributed by atoms with Crippen molar-refractivity contribution >= 4 is 5.97 Å². The van der Waals surface area contributed by atoms with Crippen LogP contribution in [0.1, 0.15) is 19.3 Å². The summed E-state index contributed by atoms with van der Waals surface area (Å²) in [4.78, 5) is 10.3. The highest BCUT2D eigenvalue weighted by molar-refractivity contribution is 5.73. The van der Waals surface area contributed by atoms with E-state index >= 15 is 0 Å². The molecule has 0 aromatic carbocycles. The Morgan fingerprint density at radius 2 is 2.56 bits per heavy atom. The van der Waals surface area contributed by atoms with Gasteiger partial charge in [-0.2, -0.15) is 0 Å². The van der Waals surface area contributed by atoms with Crippen LogP contribution in [0.5, 0.6) is 0 Å². The maximum absolute atomic E-state index is 10.3. The molecule has 1 atom stereocenters. The fraction of sp³-hybridized carbons (Fsp3) is 0.667. The lowest BCUT2D eigenvalue weighted by atomic mass is 10.1. The molecule has 3 heteroatoms. The molecule has 1 fully saturated rings. The highest BCUT2D eigenvalue weighted by Crippen LogP contribution is 2.08. The van der Waals surface area contributed by atoms with E-state index < -0.39 is 5.97 Å². The SMILES string of the molecule is O=C(O)C1CCC[CH]N1. The summed E-state index contributed by atoms with van der Waals surface area (Å²) in [7, 11) is 0. The van der Waals surface area contributed by atoms with E-state index in [9.17, 15) is 4.79 Å². The third-order valence-corrected chi connectivity index (χ3v) is 1.46. The van der Waals surface area contributed by atoms with Gasteiger partial charge in [-0.25, -0.2) is 0 Å². The van der Waals surface area contributed by atoms with Crippen LogP contribution in [0.2, 0.25) is 0 Å². The fourth-order valence-corrected chi connectivity index (χ4v) is 0.928. The number of hydrogen-bond acceptors (Lipinski definition) is 2. The van der Waals surface area contributed by atoms with E-state index in [4.69, 9.17) is 5.11 Å². The van der Waals surface area contributed by atoms with Crippen molar-refractivity contribution in [2.24, 2.45) is 0 Å². The van der Waals surface area contributed by atoms with Gasteiger partial charge in [0.2, 0.25) is 0 Å². The summed E-state index contributed by atoms with van der Waals surface area (Å²) in [6.07, 6.45) is 2.74. The Morgan fingerprint density at radius 1 is 1.78 bits per heavy atom. The smallest absolute Gasteiger partial charge is 0.320 e. The van der Waals surface area contributed by atoms with Gasteiger partial charge in [0, 0.05) is 6.54 Å². The van der Waals surface area contributed by atoms with Gasteiger partial charge in [0.1, 0.15) is 6.04 Å². The molecular formula is C6H10NO2. The van der Waals surface area contributed by atoms with Gasteiger partial charge in [-0.05, 0) is 19.3 Å². The minimum atomic E-state index is -0.744. The third-order valence-electron chi connectivity index (χ3n) is 1.46. The zero-order valence-corrected chi connectivity index (χ0v) is 5.13. The van der Waals surface area contributed by atoms with Gasteiger partial charge in [-0.3, -0.25) is 4.79 Å². The average Bonchev–Trinajstić information content (AvgIpc) is 1.90. The maximum Gasteiger partial charge on any atom is 0.320 e. The first-order valence-electron chi connectivity index (χ1n) is 3.11. The Bertz CT molecular complexity index is 108. The molecule has 0 spiro atoms. The van der Waals surface area contributed by atoms with Crippen molar-refractivity contribution in [2.45, 2.75) is 25.3 Å². The minimum absolute atomic E-state index is 0.334. The third kappa shape index (κ3) is 1.68. The van der Waals surface area contributed by atoms with Crippen LogP contribution < -0.4 is 5.32 Å². The molecule has 0 saturated carbocycles. The van der Waals surface area contributed by atoms with Crippen LogP contribution in [0.4, 0.5) is 0 Å². The highest BCUT2D eigenvalue weighted by atomic mass is 16.4. The molecule has 1 rings (SSSR count). The largest absolute Gasteiger partial charge is 0.480 e. The van der Waals surface area contributed by atoms with E-state index in [1.54, 1.807) is 0 Å². The Morgan fingerprint density at radius 3 is 2.89 bits per heavy atom. The molecule has 1 saturated heterocycles. The van der Waals surface area contributed by atoms with Crippen LogP contribution in [0.25, 0.3) is 0 Å². The van der Waals surface area contributed by atoms with Gasteiger partial charge in [-0.1, -0.05) is 0 Å². The molecule has 0 aromatic heterocycles. The standard InChI is InChI=1S/C6H10NO2/c8-6(9)5-3-1-2-4-7-5/h4-5,7H,1-3H2,(H,8,9). The Labute approximate surface area is 54.1 Å². The molecule has 1 unspecified atom stereocenters. The molecule has 0 aliphatic carbocycles. The normalized spacial score (nSPS) is 27.8.